The van der Waals surface area contributed by atoms with Crippen LogP contribution in [0.3, 0.4) is 0 Å². The van der Waals surface area contributed by atoms with Crippen molar-refractivity contribution in [1.82, 2.24) is 0 Å². The summed E-state index contributed by atoms with van der Waals surface area (Å²) < 4.78 is 30.6. The average molecular weight is 397 g/mol. The molecule has 0 saturated carbocycles. The second kappa shape index (κ2) is 11.2. The van der Waals surface area contributed by atoms with Crippen LogP contribution in [0, 0.1) is 36.5 Å². The largest absolute Gasteiger partial charge is 0.296 e. The highest BCUT2D eigenvalue weighted by molar-refractivity contribution is 7.86. The fraction of sp³-hybridized carbons (Fsp3) is 0.739. The van der Waals surface area contributed by atoms with E-state index in [1.54, 1.807) is 12.1 Å². The molecule has 0 bridgehead atoms. The van der Waals surface area contributed by atoms with Gasteiger partial charge in [-0.25, -0.2) is 0 Å². The molecule has 0 saturated heterocycles. The maximum atomic E-state index is 12.6. The minimum absolute atomic E-state index is 0.248. The van der Waals surface area contributed by atoms with E-state index in [0.29, 0.717) is 23.7 Å². The molecule has 0 aliphatic rings. The molecule has 0 N–H and O–H groups in total. The molecular formula is C23H40O3S. The molecule has 0 amide bonds. The lowest BCUT2D eigenvalue weighted by Crippen LogP contribution is -2.20. The Morgan fingerprint density at radius 2 is 1.22 bits per heavy atom. The fourth-order valence-corrected chi connectivity index (χ4v) is 5.11. The lowest BCUT2D eigenvalue weighted by atomic mass is 9.83. The van der Waals surface area contributed by atoms with Crippen LogP contribution in [0.1, 0.15) is 72.8 Å². The maximum Gasteiger partial charge on any atom is 0.296 e. The van der Waals surface area contributed by atoms with E-state index in [4.69, 9.17) is 4.18 Å². The van der Waals surface area contributed by atoms with Gasteiger partial charge in [0.25, 0.3) is 10.1 Å². The number of aryl methyl sites for hydroxylation is 1. The van der Waals surface area contributed by atoms with Crippen LogP contribution in [0.5, 0.6) is 0 Å². The van der Waals surface area contributed by atoms with Gasteiger partial charge in [0.1, 0.15) is 0 Å². The summed E-state index contributed by atoms with van der Waals surface area (Å²) >= 11 is 0. The molecule has 0 heterocycles. The van der Waals surface area contributed by atoms with Gasteiger partial charge in [-0.05, 0) is 74.3 Å². The predicted molar refractivity (Wildman–Crippen MR) is 114 cm³/mol. The van der Waals surface area contributed by atoms with Crippen LogP contribution in [-0.2, 0) is 14.3 Å². The first kappa shape index (κ1) is 24.2. The third-order valence-corrected chi connectivity index (χ3v) is 6.28. The molecule has 2 atom stereocenters. The molecule has 0 aliphatic heterocycles. The van der Waals surface area contributed by atoms with Crippen LogP contribution < -0.4 is 0 Å². The molecule has 1 rings (SSSR count). The van der Waals surface area contributed by atoms with Crippen molar-refractivity contribution in [3.05, 3.63) is 29.8 Å². The van der Waals surface area contributed by atoms with E-state index < -0.39 is 10.1 Å². The van der Waals surface area contributed by atoms with Crippen molar-refractivity contribution < 1.29 is 12.6 Å². The van der Waals surface area contributed by atoms with Gasteiger partial charge in [0, 0.05) is 0 Å². The molecule has 27 heavy (non-hydrogen) atoms. The SMILES string of the molecule is Cc1ccc(S(=O)(=O)OCC(CC(C)CC(C)C)CC(C)CC(C)C)cc1. The van der Waals surface area contributed by atoms with Crippen molar-refractivity contribution in [2.75, 3.05) is 6.61 Å². The van der Waals surface area contributed by atoms with E-state index >= 15 is 0 Å². The minimum atomic E-state index is -3.69. The summed E-state index contributed by atoms with van der Waals surface area (Å²) in [6, 6.07) is 6.87. The first-order valence-corrected chi connectivity index (χ1v) is 11.9. The number of hydrogen-bond donors (Lipinski definition) is 0. The molecule has 0 radical (unpaired) electrons. The van der Waals surface area contributed by atoms with Gasteiger partial charge >= 0.3 is 0 Å². The molecule has 4 heteroatoms. The molecule has 2 unspecified atom stereocenters. The van der Waals surface area contributed by atoms with Gasteiger partial charge in [-0.1, -0.05) is 59.2 Å². The highest BCUT2D eigenvalue weighted by Gasteiger charge is 2.22. The summed E-state index contributed by atoms with van der Waals surface area (Å²) in [5.74, 6) is 2.74. The van der Waals surface area contributed by atoms with Crippen molar-refractivity contribution in [2.45, 2.75) is 79.0 Å². The van der Waals surface area contributed by atoms with Crippen molar-refractivity contribution in [1.29, 1.82) is 0 Å². The molecular weight excluding hydrogens is 356 g/mol. The van der Waals surface area contributed by atoms with Crippen LogP contribution in [0.15, 0.2) is 29.2 Å². The Labute approximate surface area is 168 Å². The fourth-order valence-electron chi connectivity index (χ4n) is 4.13. The molecule has 0 spiro atoms. The molecule has 156 valence electrons. The molecule has 0 fully saturated rings. The summed E-state index contributed by atoms with van der Waals surface area (Å²) in [5, 5.41) is 0. The standard InChI is InChI=1S/C23H40O3S/c1-17(2)12-20(6)14-22(15-21(7)13-18(3)4)16-26-27(24,25)23-10-8-19(5)9-11-23/h8-11,17-18,20-22H,12-16H2,1-7H3. The van der Waals surface area contributed by atoms with Gasteiger partial charge in [0.2, 0.25) is 0 Å². The second-order valence-electron chi connectivity index (χ2n) is 9.36. The van der Waals surface area contributed by atoms with E-state index in [0.717, 1.165) is 18.4 Å². The van der Waals surface area contributed by atoms with Crippen LogP contribution in [-0.4, -0.2) is 15.0 Å². The number of benzene rings is 1. The predicted octanol–water partition coefficient (Wildman–Crippen LogP) is 6.46. The zero-order chi connectivity index (χ0) is 20.6. The van der Waals surface area contributed by atoms with Crippen LogP contribution >= 0.6 is 0 Å². The average Bonchev–Trinajstić information content (AvgIpc) is 2.51. The van der Waals surface area contributed by atoms with Crippen molar-refractivity contribution in [3.8, 4) is 0 Å². The second-order valence-corrected chi connectivity index (χ2v) is 11.0. The van der Waals surface area contributed by atoms with E-state index in [-0.39, 0.29) is 17.4 Å². The smallest absolute Gasteiger partial charge is 0.266 e. The molecule has 0 aromatic heterocycles. The number of rotatable bonds is 12. The van der Waals surface area contributed by atoms with E-state index in [2.05, 4.69) is 41.5 Å². The lowest BCUT2D eigenvalue weighted by molar-refractivity contribution is 0.189. The molecule has 1 aromatic carbocycles. The summed E-state index contributed by atoms with van der Waals surface area (Å²) in [6.45, 7) is 15.7. The molecule has 1 aromatic rings. The third kappa shape index (κ3) is 9.75. The van der Waals surface area contributed by atoms with E-state index in [9.17, 15) is 8.42 Å². The third-order valence-electron chi connectivity index (χ3n) is 4.99. The number of hydrogen-bond acceptors (Lipinski definition) is 3. The highest BCUT2D eigenvalue weighted by atomic mass is 32.2. The molecule has 0 aliphatic carbocycles. The summed E-state index contributed by atoms with van der Waals surface area (Å²) in [6.07, 6.45) is 4.37. The van der Waals surface area contributed by atoms with Crippen LogP contribution in [0.25, 0.3) is 0 Å². The van der Waals surface area contributed by atoms with Gasteiger partial charge in [-0.3, -0.25) is 4.18 Å². The Kier molecular flexibility index (Phi) is 10.0. The van der Waals surface area contributed by atoms with Gasteiger partial charge in [-0.2, -0.15) is 8.42 Å². The van der Waals surface area contributed by atoms with Gasteiger partial charge in [0.05, 0.1) is 11.5 Å². The Morgan fingerprint density at radius 3 is 1.63 bits per heavy atom. The lowest BCUT2D eigenvalue weighted by Gasteiger charge is -2.25. The van der Waals surface area contributed by atoms with Crippen molar-refractivity contribution in [2.24, 2.45) is 29.6 Å². The Morgan fingerprint density at radius 1 is 0.778 bits per heavy atom. The van der Waals surface area contributed by atoms with Gasteiger partial charge < -0.3 is 0 Å². The molecule has 3 nitrogen and oxygen atoms in total. The minimum Gasteiger partial charge on any atom is -0.266 e. The van der Waals surface area contributed by atoms with Gasteiger partial charge in [-0.15, -0.1) is 0 Å². The zero-order valence-electron chi connectivity index (χ0n) is 18.4. The Balaban J connectivity index is 2.77. The Bertz CT molecular complexity index is 614. The zero-order valence-corrected chi connectivity index (χ0v) is 19.2. The van der Waals surface area contributed by atoms with Crippen LogP contribution in [0.4, 0.5) is 0 Å². The first-order valence-electron chi connectivity index (χ1n) is 10.5. The Hall–Kier alpha value is -0.870. The summed E-state index contributed by atoms with van der Waals surface area (Å²) in [5.41, 5.74) is 1.04. The first-order chi connectivity index (χ1) is 12.5. The normalized spacial score (nSPS) is 15.9. The van der Waals surface area contributed by atoms with Crippen LogP contribution in [0.2, 0.25) is 0 Å². The highest BCUT2D eigenvalue weighted by Crippen LogP contribution is 2.28. The summed E-state index contributed by atoms with van der Waals surface area (Å²) in [4.78, 5) is 0.248. The van der Waals surface area contributed by atoms with E-state index in [1.165, 1.54) is 12.8 Å². The van der Waals surface area contributed by atoms with Crippen molar-refractivity contribution in [3.63, 3.8) is 0 Å². The van der Waals surface area contributed by atoms with Crippen molar-refractivity contribution >= 4 is 10.1 Å². The van der Waals surface area contributed by atoms with Gasteiger partial charge in [0.15, 0.2) is 0 Å². The van der Waals surface area contributed by atoms with E-state index in [1.807, 2.05) is 19.1 Å². The monoisotopic (exact) mass is 396 g/mol. The summed E-state index contributed by atoms with van der Waals surface area (Å²) in [7, 11) is -3.69. The quantitative estimate of drug-likeness (QED) is 0.381. The maximum absolute atomic E-state index is 12.6. The topological polar surface area (TPSA) is 43.4 Å².